The van der Waals surface area contributed by atoms with Gasteiger partial charge in [-0.1, -0.05) is 6.07 Å². The molecule has 0 spiro atoms. The number of anilines is 1. The summed E-state index contributed by atoms with van der Waals surface area (Å²) in [7, 11) is 1.59. The molecule has 100 valence electrons. The quantitative estimate of drug-likeness (QED) is 0.889. The summed E-state index contributed by atoms with van der Waals surface area (Å²) in [5.74, 6) is 1.84. The van der Waals surface area contributed by atoms with E-state index >= 15 is 0 Å². The summed E-state index contributed by atoms with van der Waals surface area (Å²) in [5, 5.41) is 0. The first-order valence-electron chi connectivity index (χ1n) is 5.79. The standard InChI is InChI=1S/C13H15N3O3/c1-3-18-12-11(14)13(16-8-15-12)19-10-6-4-5-9(7-10)17-2/h4-8H,3,14H2,1-2H3. The molecule has 1 heterocycles. The van der Waals surface area contributed by atoms with Gasteiger partial charge in [-0.05, 0) is 19.1 Å². The molecule has 0 fully saturated rings. The van der Waals surface area contributed by atoms with E-state index in [9.17, 15) is 0 Å². The van der Waals surface area contributed by atoms with Gasteiger partial charge in [0.25, 0.3) is 0 Å². The second kappa shape index (κ2) is 5.90. The van der Waals surface area contributed by atoms with Gasteiger partial charge >= 0.3 is 0 Å². The van der Waals surface area contributed by atoms with Crippen LogP contribution in [0.2, 0.25) is 0 Å². The minimum Gasteiger partial charge on any atom is -0.497 e. The van der Waals surface area contributed by atoms with E-state index in [0.29, 0.717) is 24.0 Å². The first-order chi connectivity index (χ1) is 9.24. The van der Waals surface area contributed by atoms with Crippen LogP contribution >= 0.6 is 0 Å². The van der Waals surface area contributed by atoms with Crippen molar-refractivity contribution in [3.05, 3.63) is 30.6 Å². The first kappa shape index (κ1) is 12.9. The summed E-state index contributed by atoms with van der Waals surface area (Å²) in [6, 6.07) is 7.16. The number of benzene rings is 1. The highest BCUT2D eigenvalue weighted by Gasteiger charge is 2.11. The first-order valence-corrected chi connectivity index (χ1v) is 5.79. The summed E-state index contributed by atoms with van der Waals surface area (Å²) in [6.07, 6.45) is 1.34. The Bertz CT molecular complexity index is 561. The third-order valence-electron chi connectivity index (χ3n) is 2.35. The van der Waals surface area contributed by atoms with Gasteiger partial charge in [0, 0.05) is 6.07 Å². The van der Waals surface area contributed by atoms with Gasteiger partial charge in [-0.2, -0.15) is 9.97 Å². The van der Waals surface area contributed by atoms with E-state index in [4.69, 9.17) is 19.9 Å². The molecular formula is C13H15N3O3. The van der Waals surface area contributed by atoms with Crippen LogP contribution in [0.1, 0.15) is 6.92 Å². The highest BCUT2D eigenvalue weighted by molar-refractivity contribution is 5.57. The van der Waals surface area contributed by atoms with Crippen molar-refractivity contribution < 1.29 is 14.2 Å². The monoisotopic (exact) mass is 261 g/mol. The Labute approximate surface area is 111 Å². The van der Waals surface area contributed by atoms with Gasteiger partial charge in [-0.3, -0.25) is 0 Å². The van der Waals surface area contributed by atoms with Crippen molar-refractivity contribution in [1.82, 2.24) is 9.97 Å². The van der Waals surface area contributed by atoms with Gasteiger partial charge in [0.1, 0.15) is 17.8 Å². The van der Waals surface area contributed by atoms with E-state index < -0.39 is 0 Å². The fourth-order valence-corrected chi connectivity index (χ4v) is 1.47. The molecule has 0 aliphatic heterocycles. The number of nitrogens with two attached hydrogens (primary N) is 1. The van der Waals surface area contributed by atoms with Gasteiger partial charge in [0.05, 0.1) is 13.7 Å². The van der Waals surface area contributed by atoms with Crippen molar-refractivity contribution in [2.24, 2.45) is 0 Å². The van der Waals surface area contributed by atoms with Crippen LogP contribution in [0, 0.1) is 0 Å². The molecule has 2 aromatic rings. The normalized spacial score (nSPS) is 10.0. The Morgan fingerprint density at radius 3 is 2.63 bits per heavy atom. The van der Waals surface area contributed by atoms with E-state index in [0.717, 1.165) is 0 Å². The zero-order valence-electron chi connectivity index (χ0n) is 10.8. The molecule has 2 rings (SSSR count). The number of aromatic nitrogens is 2. The number of methoxy groups -OCH3 is 1. The Morgan fingerprint density at radius 2 is 1.89 bits per heavy atom. The molecule has 0 amide bonds. The maximum atomic E-state index is 5.88. The van der Waals surface area contributed by atoms with Gasteiger partial charge in [-0.15, -0.1) is 0 Å². The maximum Gasteiger partial charge on any atom is 0.249 e. The van der Waals surface area contributed by atoms with E-state index in [2.05, 4.69) is 9.97 Å². The Morgan fingerprint density at radius 1 is 1.16 bits per heavy atom. The number of nitrogens with zero attached hydrogens (tertiary/aromatic N) is 2. The van der Waals surface area contributed by atoms with Gasteiger partial charge in [0.2, 0.25) is 11.8 Å². The highest BCUT2D eigenvalue weighted by Crippen LogP contribution is 2.31. The van der Waals surface area contributed by atoms with Crippen LogP contribution in [0.15, 0.2) is 30.6 Å². The molecule has 0 atom stereocenters. The van der Waals surface area contributed by atoms with E-state index in [1.165, 1.54) is 6.33 Å². The molecule has 6 nitrogen and oxygen atoms in total. The smallest absolute Gasteiger partial charge is 0.249 e. The van der Waals surface area contributed by atoms with Crippen molar-refractivity contribution >= 4 is 5.69 Å². The SMILES string of the molecule is CCOc1ncnc(Oc2cccc(OC)c2)c1N. The molecule has 0 aliphatic carbocycles. The largest absolute Gasteiger partial charge is 0.497 e. The maximum absolute atomic E-state index is 5.88. The Hall–Kier alpha value is -2.50. The van der Waals surface area contributed by atoms with Crippen molar-refractivity contribution in [2.45, 2.75) is 6.92 Å². The Balaban J connectivity index is 2.25. The molecule has 0 bridgehead atoms. The zero-order chi connectivity index (χ0) is 13.7. The summed E-state index contributed by atoms with van der Waals surface area (Å²) < 4.78 is 16.0. The average Bonchev–Trinajstić information content (AvgIpc) is 2.44. The summed E-state index contributed by atoms with van der Waals surface area (Å²) in [4.78, 5) is 7.93. The van der Waals surface area contributed by atoms with Gasteiger partial charge < -0.3 is 19.9 Å². The lowest BCUT2D eigenvalue weighted by atomic mass is 10.3. The number of hydrogen-bond donors (Lipinski definition) is 1. The molecule has 0 unspecified atom stereocenters. The zero-order valence-corrected chi connectivity index (χ0v) is 10.8. The molecule has 6 heteroatoms. The lowest BCUT2D eigenvalue weighted by Gasteiger charge is -2.10. The predicted octanol–water partition coefficient (Wildman–Crippen LogP) is 2.26. The molecule has 1 aromatic heterocycles. The lowest BCUT2D eigenvalue weighted by molar-refractivity contribution is 0.325. The summed E-state index contributed by atoms with van der Waals surface area (Å²) in [5.41, 5.74) is 6.15. The van der Waals surface area contributed by atoms with Crippen LogP contribution in [-0.2, 0) is 0 Å². The van der Waals surface area contributed by atoms with Crippen molar-refractivity contribution in [3.8, 4) is 23.3 Å². The minimum atomic E-state index is 0.256. The van der Waals surface area contributed by atoms with Gasteiger partial charge in [0.15, 0.2) is 5.69 Å². The fraction of sp³-hybridized carbons (Fsp3) is 0.231. The molecule has 19 heavy (non-hydrogen) atoms. The lowest BCUT2D eigenvalue weighted by Crippen LogP contribution is -2.02. The second-order valence-corrected chi connectivity index (χ2v) is 3.61. The third kappa shape index (κ3) is 3.04. The van der Waals surface area contributed by atoms with Crippen molar-refractivity contribution in [3.63, 3.8) is 0 Å². The molecule has 0 radical (unpaired) electrons. The van der Waals surface area contributed by atoms with E-state index in [1.807, 2.05) is 19.1 Å². The molecular weight excluding hydrogens is 246 g/mol. The summed E-state index contributed by atoms with van der Waals surface area (Å²) >= 11 is 0. The van der Waals surface area contributed by atoms with Crippen molar-refractivity contribution in [2.75, 3.05) is 19.5 Å². The predicted molar refractivity (Wildman–Crippen MR) is 70.7 cm³/mol. The van der Waals surface area contributed by atoms with Crippen LogP contribution in [0.4, 0.5) is 5.69 Å². The topological polar surface area (TPSA) is 79.5 Å². The van der Waals surface area contributed by atoms with Crippen LogP contribution in [0.5, 0.6) is 23.3 Å². The molecule has 0 aliphatic rings. The molecule has 0 saturated heterocycles. The van der Waals surface area contributed by atoms with Crippen LogP contribution < -0.4 is 19.9 Å². The van der Waals surface area contributed by atoms with Gasteiger partial charge in [-0.25, -0.2) is 0 Å². The minimum absolute atomic E-state index is 0.256. The fourth-order valence-electron chi connectivity index (χ4n) is 1.47. The van der Waals surface area contributed by atoms with Crippen molar-refractivity contribution in [1.29, 1.82) is 0 Å². The number of hydrogen-bond acceptors (Lipinski definition) is 6. The highest BCUT2D eigenvalue weighted by atomic mass is 16.5. The Kier molecular flexibility index (Phi) is 4.02. The number of nitrogen functional groups attached to an aromatic ring is 1. The van der Waals surface area contributed by atoms with Crippen LogP contribution in [-0.4, -0.2) is 23.7 Å². The molecule has 0 saturated carbocycles. The summed E-state index contributed by atoms with van der Waals surface area (Å²) in [6.45, 7) is 2.32. The average molecular weight is 261 g/mol. The number of rotatable bonds is 5. The molecule has 1 aromatic carbocycles. The number of ether oxygens (including phenoxy) is 3. The third-order valence-corrected chi connectivity index (χ3v) is 2.35. The molecule has 2 N–H and O–H groups in total. The van der Waals surface area contributed by atoms with Crippen LogP contribution in [0.25, 0.3) is 0 Å². The van der Waals surface area contributed by atoms with Crippen LogP contribution in [0.3, 0.4) is 0 Å². The van der Waals surface area contributed by atoms with E-state index in [-0.39, 0.29) is 11.6 Å². The van der Waals surface area contributed by atoms with E-state index in [1.54, 1.807) is 19.2 Å². The second-order valence-electron chi connectivity index (χ2n) is 3.61.